The van der Waals surface area contributed by atoms with Crippen molar-refractivity contribution >= 4 is 59.7 Å². The number of ether oxygens (including phenoxy) is 5. The van der Waals surface area contributed by atoms with Gasteiger partial charge in [0.15, 0.2) is 11.5 Å². The van der Waals surface area contributed by atoms with Gasteiger partial charge < -0.3 is 43.9 Å². The van der Waals surface area contributed by atoms with Gasteiger partial charge in [0.05, 0.1) is 36.0 Å². The molecule has 1 fully saturated rings. The number of carboxylic acid groups (broad SMARTS) is 1. The Balaban J connectivity index is 1.27. The van der Waals surface area contributed by atoms with E-state index in [1.54, 1.807) is 24.3 Å². The summed E-state index contributed by atoms with van der Waals surface area (Å²) in [5, 5.41) is 20.0. The van der Waals surface area contributed by atoms with Crippen LogP contribution < -0.4 is 39.8 Å². The summed E-state index contributed by atoms with van der Waals surface area (Å²) in [7, 11) is 0.0692. The number of rotatable bonds is 16. The van der Waals surface area contributed by atoms with Crippen molar-refractivity contribution in [2.45, 2.75) is 38.5 Å². The number of methoxy groups -OCH3 is 3. The van der Waals surface area contributed by atoms with Crippen LogP contribution in [0.25, 0.3) is 10.9 Å². The quantitative estimate of drug-likeness (QED) is 0.0789. The van der Waals surface area contributed by atoms with Crippen molar-refractivity contribution in [3.63, 3.8) is 0 Å². The number of carboxylic acids is 1. The molecule has 1 aromatic heterocycles. The first kappa shape index (κ1) is 39.6. The van der Waals surface area contributed by atoms with Crippen LogP contribution in [0.15, 0.2) is 60.8 Å². The van der Waals surface area contributed by atoms with Crippen LogP contribution in [0, 0.1) is 0 Å². The van der Waals surface area contributed by atoms with E-state index in [0.717, 1.165) is 12.8 Å². The summed E-state index contributed by atoms with van der Waals surface area (Å²) in [5.74, 6) is -1.23. The Kier molecular flexibility index (Phi) is 12.8. The number of alkyl carbamates (subject to hydrolysis) is 1. The molecular formula is C35H37ClN5O12P. The van der Waals surface area contributed by atoms with Gasteiger partial charge in [-0.05, 0) is 61.7 Å². The maximum Gasteiger partial charge on any atom is 0.414 e. The van der Waals surface area contributed by atoms with E-state index >= 15 is 0 Å². The van der Waals surface area contributed by atoms with Gasteiger partial charge in [-0.2, -0.15) is 0 Å². The first-order valence-electron chi connectivity index (χ1n) is 16.3. The monoisotopic (exact) mass is 785 g/mol. The van der Waals surface area contributed by atoms with Crippen molar-refractivity contribution in [2.75, 3.05) is 33.0 Å². The lowest BCUT2D eigenvalue weighted by Gasteiger charge is -2.23. The second-order valence-corrected chi connectivity index (χ2v) is 14.3. The van der Waals surface area contributed by atoms with E-state index in [4.69, 9.17) is 39.8 Å². The number of pyridine rings is 1. The molecule has 0 spiro atoms. The number of hydrogen-bond acceptors (Lipinski definition) is 12. The summed E-state index contributed by atoms with van der Waals surface area (Å²) in [6.45, 7) is 0.938. The zero-order valence-corrected chi connectivity index (χ0v) is 31.1. The highest BCUT2D eigenvalue weighted by Crippen LogP contribution is 2.46. The Hall–Kier alpha value is -5.61. The average Bonchev–Trinajstić information content (AvgIpc) is 3.95. The topological polar surface area (TPSA) is 222 Å². The number of carbonyl (C=O) groups excluding carboxylic acids is 3. The Labute approximate surface area is 314 Å². The molecule has 5 N–H and O–H groups in total. The number of benzene rings is 3. The van der Waals surface area contributed by atoms with E-state index < -0.39 is 37.9 Å². The molecular weight excluding hydrogens is 749 g/mol. The van der Waals surface area contributed by atoms with Gasteiger partial charge in [0, 0.05) is 36.9 Å². The number of urea groups is 1. The molecule has 1 aliphatic carbocycles. The Bertz CT molecular complexity index is 2110. The fourth-order valence-corrected chi connectivity index (χ4v) is 6.84. The highest BCUT2D eigenvalue weighted by atomic mass is 35.5. The Morgan fingerprint density at radius 1 is 0.963 bits per heavy atom. The normalized spacial score (nSPS) is 13.9. The van der Waals surface area contributed by atoms with Crippen LogP contribution in [-0.4, -0.2) is 73.9 Å². The van der Waals surface area contributed by atoms with Crippen LogP contribution in [0.1, 0.15) is 35.7 Å². The maximum atomic E-state index is 13.4. The van der Waals surface area contributed by atoms with Crippen molar-refractivity contribution in [3.05, 3.63) is 76.9 Å². The summed E-state index contributed by atoms with van der Waals surface area (Å²) >= 11 is 6.42. The number of halogens is 1. The number of nitrogens with zero attached hydrogens (tertiary/aromatic N) is 1. The SMILES string of the molecule is COCP(=O)(N[C@@H](C)C(=O)O)Oc1cc(COC(=O)NC(=O)c2cc3c(Oc4ccc(NC(=O)NC5CC5)c(Cl)c4)ccnc3cc2OC)ccc1OC. The van der Waals surface area contributed by atoms with E-state index in [0.29, 0.717) is 33.7 Å². The van der Waals surface area contributed by atoms with Gasteiger partial charge in [-0.15, -0.1) is 0 Å². The van der Waals surface area contributed by atoms with Crippen LogP contribution in [0.4, 0.5) is 15.3 Å². The van der Waals surface area contributed by atoms with E-state index in [1.807, 2.05) is 0 Å². The number of imide groups is 1. The summed E-state index contributed by atoms with van der Waals surface area (Å²) in [5.41, 5.74) is 1.14. The highest BCUT2D eigenvalue weighted by molar-refractivity contribution is 7.57. The van der Waals surface area contributed by atoms with E-state index in [2.05, 4.69) is 26.0 Å². The van der Waals surface area contributed by atoms with Crippen LogP contribution in [0.2, 0.25) is 5.02 Å². The number of nitrogens with one attached hydrogen (secondary N) is 4. The molecule has 1 saturated carbocycles. The van der Waals surface area contributed by atoms with Crippen LogP contribution in [0.3, 0.4) is 0 Å². The average molecular weight is 786 g/mol. The molecule has 286 valence electrons. The van der Waals surface area contributed by atoms with Crippen molar-refractivity contribution in [3.8, 4) is 28.7 Å². The fraction of sp³-hybridized carbons (Fsp3) is 0.286. The lowest BCUT2D eigenvalue weighted by atomic mass is 10.1. The number of amides is 4. The first-order valence-corrected chi connectivity index (χ1v) is 18.4. The van der Waals surface area contributed by atoms with Crippen molar-refractivity contribution in [1.29, 1.82) is 0 Å². The lowest BCUT2D eigenvalue weighted by Crippen LogP contribution is -2.33. The van der Waals surface area contributed by atoms with Gasteiger partial charge in [0.25, 0.3) is 5.91 Å². The Morgan fingerprint density at radius 2 is 1.72 bits per heavy atom. The summed E-state index contributed by atoms with van der Waals surface area (Å²) in [6, 6.07) is 12.3. The number of aromatic nitrogens is 1. The number of carbonyl (C=O) groups is 4. The minimum atomic E-state index is -3.91. The molecule has 0 aliphatic heterocycles. The standard InChI is InChI=1S/C35H37ClN5O12P/c1-19(33(43)44)41-54(47,18-48-2)53-31-13-20(5-10-29(31)49-3)17-51-35(46)40-32(42)24-15-23-27(16-30(24)50-4)37-12-11-28(23)52-22-8-9-26(25(36)14-22)39-34(45)38-21-6-7-21/h5,8-16,19,21H,6-7,17-18H2,1-4H3,(H,41,47)(H,43,44)(H2,38,39,45)(H,40,42,46)/t19-,54?/m0/s1. The van der Waals surface area contributed by atoms with Crippen molar-refractivity contribution in [1.82, 2.24) is 20.7 Å². The van der Waals surface area contributed by atoms with E-state index in [-0.39, 0.29) is 46.5 Å². The third-order valence-electron chi connectivity index (χ3n) is 7.72. The van der Waals surface area contributed by atoms with Gasteiger partial charge in [0.1, 0.15) is 36.2 Å². The third-order valence-corrected chi connectivity index (χ3v) is 9.90. The van der Waals surface area contributed by atoms with E-state index in [9.17, 15) is 28.8 Å². The summed E-state index contributed by atoms with van der Waals surface area (Å²) in [6.07, 6.45) is 1.83. The van der Waals surface area contributed by atoms with Crippen LogP contribution in [-0.2, 0) is 25.4 Å². The minimum absolute atomic E-state index is 0.0313. The molecule has 17 nitrogen and oxygen atoms in total. The predicted molar refractivity (Wildman–Crippen MR) is 196 cm³/mol. The first-order chi connectivity index (χ1) is 25.8. The van der Waals surface area contributed by atoms with Gasteiger partial charge in [-0.3, -0.25) is 24.5 Å². The smallest absolute Gasteiger partial charge is 0.414 e. The number of hydrogen-bond donors (Lipinski definition) is 5. The van der Waals surface area contributed by atoms with Crippen molar-refractivity contribution < 1.29 is 57.1 Å². The van der Waals surface area contributed by atoms with Gasteiger partial charge in [-0.1, -0.05) is 17.7 Å². The molecule has 1 unspecified atom stereocenters. The van der Waals surface area contributed by atoms with Crippen LogP contribution >= 0.6 is 19.1 Å². The molecule has 19 heteroatoms. The number of anilines is 1. The zero-order valence-electron chi connectivity index (χ0n) is 29.5. The molecule has 1 aliphatic rings. The van der Waals surface area contributed by atoms with Crippen molar-refractivity contribution in [2.24, 2.45) is 0 Å². The fourth-order valence-electron chi connectivity index (χ4n) is 4.94. The molecule has 0 bridgehead atoms. The second kappa shape index (κ2) is 17.5. The molecule has 4 aromatic rings. The van der Waals surface area contributed by atoms with E-state index in [1.165, 1.54) is 64.8 Å². The molecule has 4 amide bonds. The van der Waals surface area contributed by atoms with Crippen LogP contribution in [0.5, 0.6) is 28.7 Å². The summed E-state index contributed by atoms with van der Waals surface area (Å²) in [4.78, 5) is 54.0. The Morgan fingerprint density at radius 3 is 2.39 bits per heavy atom. The summed E-state index contributed by atoms with van der Waals surface area (Å²) < 4.78 is 46.1. The molecule has 3 aromatic carbocycles. The third kappa shape index (κ3) is 10.3. The molecule has 2 atom stereocenters. The van der Waals surface area contributed by atoms with Gasteiger partial charge >= 0.3 is 25.6 Å². The zero-order chi connectivity index (χ0) is 39.0. The second-order valence-electron chi connectivity index (χ2n) is 11.9. The van der Waals surface area contributed by atoms with Gasteiger partial charge in [-0.25, -0.2) is 14.7 Å². The molecule has 1 heterocycles. The molecule has 0 radical (unpaired) electrons. The maximum absolute atomic E-state index is 13.4. The molecule has 54 heavy (non-hydrogen) atoms. The highest BCUT2D eigenvalue weighted by Gasteiger charge is 2.31. The number of aliphatic carboxylic acids is 1. The predicted octanol–water partition coefficient (Wildman–Crippen LogP) is 6.29. The molecule has 0 saturated heterocycles. The minimum Gasteiger partial charge on any atom is -0.496 e. The molecule has 5 rings (SSSR count). The number of fused-ring (bicyclic) bond motifs is 1. The largest absolute Gasteiger partial charge is 0.496 e. The lowest BCUT2D eigenvalue weighted by molar-refractivity contribution is -0.138. The van der Waals surface area contributed by atoms with Gasteiger partial charge in [0.2, 0.25) is 0 Å².